The van der Waals surface area contributed by atoms with E-state index in [0.29, 0.717) is 0 Å². The van der Waals surface area contributed by atoms with Gasteiger partial charge >= 0.3 is 0 Å². The first-order chi connectivity index (χ1) is 12.0. The standard InChI is InChI=1S/C15H26O.C7H14.C2H6/c1-10-2-6-14-11(8-10)3-4-12-9-13(16)5-7-15(12)14;1-4-5-6-7(2)3;1-2/h10-16H,2-9H2,1H3;6H,4-5H2,1-3H3;1-2H3. The van der Waals surface area contributed by atoms with Crippen LogP contribution in [0.1, 0.15) is 106 Å². The molecule has 1 N–H and O–H groups in total. The van der Waals surface area contributed by atoms with Gasteiger partial charge in [0.05, 0.1) is 6.10 Å². The summed E-state index contributed by atoms with van der Waals surface area (Å²) in [4.78, 5) is 0. The Bertz CT molecular complexity index is 342. The lowest BCUT2D eigenvalue weighted by molar-refractivity contribution is -0.0245. The van der Waals surface area contributed by atoms with E-state index in [0.717, 1.165) is 42.4 Å². The Morgan fingerprint density at radius 2 is 1.44 bits per heavy atom. The van der Waals surface area contributed by atoms with Crippen LogP contribution in [0.5, 0.6) is 0 Å². The molecule has 0 radical (unpaired) electrons. The Hall–Kier alpha value is -0.300. The molecule has 148 valence electrons. The van der Waals surface area contributed by atoms with Gasteiger partial charge < -0.3 is 5.11 Å². The summed E-state index contributed by atoms with van der Waals surface area (Å²) in [5.41, 5.74) is 1.43. The molecule has 3 saturated carbocycles. The van der Waals surface area contributed by atoms with E-state index in [2.05, 4.69) is 33.8 Å². The van der Waals surface area contributed by atoms with Crippen molar-refractivity contribution in [3.8, 4) is 0 Å². The van der Waals surface area contributed by atoms with Crippen LogP contribution in [0.15, 0.2) is 11.6 Å². The van der Waals surface area contributed by atoms with Crippen molar-refractivity contribution < 1.29 is 5.11 Å². The predicted octanol–water partition coefficient (Wildman–Crippen LogP) is 7.39. The molecule has 0 aromatic heterocycles. The Morgan fingerprint density at radius 3 is 1.96 bits per heavy atom. The monoisotopic (exact) mass is 350 g/mol. The summed E-state index contributed by atoms with van der Waals surface area (Å²) in [5, 5.41) is 9.79. The first-order valence-corrected chi connectivity index (χ1v) is 11.3. The number of aliphatic hydroxyl groups is 1. The molecule has 0 aliphatic heterocycles. The first-order valence-electron chi connectivity index (χ1n) is 11.3. The van der Waals surface area contributed by atoms with Gasteiger partial charge in [0.1, 0.15) is 0 Å². The second-order valence-corrected chi connectivity index (χ2v) is 8.88. The van der Waals surface area contributed by atoms with Gasteiger partial charge in [-0.15, -0.1) is 0 Å². The molecule has 0 heterocycles. The van der Waals surface area contributed by atoms with Gasteiger partial charge in [-0.1, -0.05) is 52.2 Å². The molecule has 3 rings (SSSR count). The number of unbranched alkanes of at least 4 members (excludes halogenated alkanes) is 1. The van der Waals surface area contributed by atoms with Crippen molar-refractivity contribution in [2.45, 2.75) is 112 Å². The van der Waals surface area contributed by atoms with Gasteiger partial charge in [-0.2, -0.15) is 0 Å². The summed E-state index contributed by atoms with van der Waals surface area (Å²) in [6, 6.07) is 0. The molecule has 3 aliphatic carbocycles. The lowest BCUT2D eigenvalue weighted by atomic mass is 9.56. The average molecular weight is 351 g/mol. The van der Waals surface area contributed by atoms with Gasteiger partial charge in [0.15, 0.2) is 0 Å². The molecule has 6 atom stereocenters. The van der Waals surface area contributed by atoms with Crippen molar-refractivity contribution in [1.29, 1.82) is 0 Å². The Balaban J connectivity index is 0.000000297. The van der Waals surface area contributed by atoms with Crippen molar-refractivity contribution in [3.05, 3.63) is 11.6 Å². The smallest absolute Gasteiger partial charge is 0.0543 e. The minimum absolute atomic E-state index is 0.0281. The lowest BCUT2D eigenvalue weighted by Crippen LogP contribution is -2.42. The molecule has 6 unspecified atom stereocenters. The van der Waals surface area contributed by atoms with E-state index in [1.807, 2.05) is 13.8 Å². The molecule has 0 amide bonds. The average Bonchev–Trinajstić information content (AvgIpc) is 2.61. The van der Waals surface area contributed by atoms with Crippen molar-refractivity contribution in [2.24, 2.45) is 29.6 Å². The highest BCUT2D eigenvalue weighted by Crippen LogP contribution is 2.52. The molecule has 0 spiro atoms. The number of allylic oxidation sites excluding steroid dienone is 2. The lowest BCUT2D eigenvalue weighted by Gasteiger charge is -2.50. The third-order valence-corrected chi connectivity index (χ3v) is 6.62. The molecule has 0 aromatic rings. The third-order valence-electron chi connectivity index (χ3n) is 6.62. The highest BCUT2D eigenvalue weighted by Gasteiger charge is 2.43. The van der Waals surface area contributed by atoms with Crippen molar-refractivity contribution in [1.82, 2.24) is 0 Å². The zero-order valence-corrected chi connectivity index (χ0v) is 18.1. The summed E-state index contributed by atoms with van der Waals surface area (Å²) < 4.78 is 0. The normalized spacial score (nSPS) is 36.4. The van der Waals surface area contributed by atoms with E-state index in [4.69, 9.17) is 0 Å². The van der Waals surface area contributed by atoms with E-state index >= 15 is 0 Å². The van der Waals surface area contributed by atoms with Crippen LogP contribution in [0.4, 0.5) is 0 Å². The fraction of sp³-hybridized carbons (Fsp3) is 0.917. The number of rotatable bonds is 2. The number of hydrogen-bond acceptors (Lipinski definition) is 1. The second-order valence-electron chi connectivity index (χ2n) is 8.88. The third kappa shape index (κ3) is 7.45. The van der Waals surface area contributed by atoms with E-state index < -0.39 is 0 Å². The maximum absolute atomic E-state index is 9.79. The molecule has 1 heteroatoms. The minimum Gasteiger partial charge on any atom is -0.393 e. The van der Waals surface area contributed by atoms with Crippen molar-refractivity contribution in [2.75, 3.05) is 0 Å². The van der Waals surface area contributed by atoms with Crippen molar-refractivity contribution in [3.63, 3.8) is 0 Å². The molecule has 1 nitrogen and oxygen atoms in total. The second kappa shape index (κ2) is 12.2. The Morgan fingerprint density at radius 1 is 0.880 bits per heavy atom. The SMILES string of the molecule is CC.CC1CCC2C(CCC3CC(O)CCC32)C1.CCCC=C(C)C. The first kappa shape index (κ1) is 22.7. The van der Waals surface area contributed by atoms with Crippen LogP contribution in [0.25, 0.3) is 0 Å². The molecular weight excluding hydrogens is 304 g/mol. The van der Waals surface area contributed by atoms with Gasteiger partial charge in [-0.3, -0.25) is 0 Å². The van der Waals surface area contributed by atoms with E-state index in [1.54, 1.807) is 0 Å². The van der Waals surface area contributed by atoms with Crippen LogP contribution in [-0.4, -0.2) is 11.2 Å². The van der Waals surface area contributed by atoms with Crippen molar-refractivity contribution >= 4 is 0 Å². The van der Waals surface area contributed by atoms with Crippen LogP contribution in [0.2, 0.25) is 0 Å². The topological polar surface area (TPSA) is 20.2 Å². The highest BCUT2D eigenvalue weighted by molar-refractivity contribution is 4.94. The molecule has 3 aliphatic rings. The molecule has 3 fully saturated rings. The predicted molar refractivity (Wildman–Crippen MR) is 112 cm³/mol. The quantitative estimate of drug-likeness (QED) is 0.515. The van der Waals surface area contributed by atoms with Crippen LogP contribution >= 0.6 is 0 Å². The van der Waals surface area contributed by atoms with Gasteiger partial charge in [-0.05, 0) is 94.8 Å². The van der Waals surface area contributed by atoms with Crippen LogP contribution in [0.3, 0.4) is 0 Å². The fourth-order valence-corrected chi connectivity index (χ4v) is 5.44. The number of aliphatic hydroxyl groups excluding tert-OH is 1. The van der Waals surface area contributed by atoms with Crippen LogP contribution in [0, 0.1) is 29.6 Å². The van der Waals surface area contributed by atoms with Crippen LogP contribution in [-0.2, 0) is 0 Å². The van der Waals surface area contributed by atoms with Gasteiger partial charge in [-0.25, -0.2) is 0 Å². The van der Waals surface area contributed by atoms with Gasteiger partial charge in [0.2, 0.25) is 0 Å². The Labute approximate surface area is 158 Å². The number of fused-ring (bicyclic) bond motifs is 3. The molecule has 0 aromatic carbocycles. The maximum atomic E-state index is 9.79. The van der Waals surface area contributed by atoms with E-state index in [9.17, 15) is 5.11 Å². The molecule has 25 heavy (non-hydrogen) atoms. The Kier molecular flexibility index (Phi) is 11.1. The molecule has 0 saturated heterocycles. The summed E-state index contributed by atoms with van der Waals surface area (Å²) in [5.74, 6) is 4.91. The fourth-order valence-electron chi connectivity index (χ4n) is 5.44. The van der Waals surface area contributed by atoms with Gasteiger partial charge in [0, 0.05) is 0 Å². The van der Waals surface area contributed by atoms with Gasteiger partial charge in [0.25, 0.3) is 0 Å². The number of hydrogen-bond donors (Lipinski definition) is 1. The zero-order valence-electron chi connectivity index (χ0n) is 18.1. The molecular formula is C24H46O. The zero-order chi connectivity index (χ0) is 18.8. The minimum atomic E-state index is 0.0281. The summed E-state index contributed by atoms with van der Waals surface area (Å²) >= 11 is 0. The molecule has 0 bridgehead atoms. The summed E-state index contributed by atoms with van der Waals surface area (Å²) in [7, 11) is 0. The highest BCUT2D eigenvalue weighted by atomic mass is 16.3. The van der Waals surface area contributed by atoms with E-state index in [1.165, 1.54) is 56.9 Å². The van der Waals surface area contributed by atoms with Crippen LogP contribution < -0.4 is 0 Å². The maximum Gasteiger partial charge on any atom is 0.0543 e. The largest absolute Gasteiger partial charge is 0.393 e. The van der Waals surface area contributed by atoms with E-state index in [-0.39, 0.29) is 6.10 Å². The summed E-state index contributed by atoms with van der Waals surface area (Å²) in [6.45, 7) is 12.9. The summed E-state index contributed by atoms with van der Waals surface area (Å²) in [6.07, 6.45) is 15.6.